The van der Waals surface area contributed by atoms with Gasteiger partial charge in [-0.25, -0.2) is 4.99 Å². The second kappa shape index (κ2) is 11.9. The minimum atomic E-state index is -0.137. The van der Waals surface area contributed by atoms with Crippen molar-refractivity contribution < 1.29 is 14.0 Å². The summed E-state index contributed by atoms with van der Waals surface area (Å²) in [5.74, 6) is 3.27. The number of aromatic nitrogens is 2. The summed E-state index contributed by atoms with van der Waals surface area (Å²) >= 11 is 6.03. The van der Waals surface area contributed by atoms with Gasteiger partial charge in [0.05, 0.1) is 6.54 Å². The Kier molecular flexibility index (Phi) is 8.98. The first-order valence-corrected chi connectivity index (χ1v) is 10.6. The molecule has 2 heterocycles. The van der Waals surface area contributed by atoms with Crippen LogP contribution in [0.5, 0.6) is 11.5 Å². The van der Waals surface area contributed by atoms with Crippen LogP contribution in [0.15, 0.2) is 58.0 Å². The van der Waals surface area contributed by atoms with Gasteiger partial charge in [0.25, 0.3) is 0 Å². The lowest BCUT2D eigenvalue weighted by Crippen LogP contribution is -2.40. The number of benzene rings is 2. The highest BCUT2D eigenvalue weighted by molar-refractivity contribution is 14.0. The number of hydrogen-bond donors (Lipinski definition) is 2. The van der Waals surface area contributed by atoms with E-state index < -0.39 is 0 Å². The average Bonchev–Trinajstić information content (AvgIpc) is 3.26. The molecule has 170 valence electrons. The van der Waals surface area contributed by atoms with E-state index in [2.05, 4.69) is 25.8 Å². The van der Waals surface area contributed by atoms with E-state index in [1.165, 1.54) is 0 Å². The van der Waals surface area contributed by atoms with Gasteiger partial charge in [0, 0.05) is 30.1 Å². The number of guanidine groups is 1. The number of para-hydroxylation sites is 2. The second-order valence-corrected chi connectivity index (χ2v) is 7.35. The van der Waals surface area contributed by atoms with Gasteiger partial charge in [-0.15, -0.1) is 24.0 Å². The third-order valence-electron chi connectivity index (χ3n) is 4.55. The summed E-state index contributed by atoms with van der Waals surface area (Å²) in [6, 6.07) is 15.0. The summed E-state index contributed by atoms with van der Waals surface area (Å²) in [5.41, 5.74) is 0.821. The van der Waals surface area contributed by atoms with Gasteiger partial charge in [0.15, 0.2) is 23.6 Å². The van der Waals surface area contributed by atoms with E-state index in [0.717, 1.165) is 23.6 Å². The fourth-order valence-electron chi connectivity index (χ4n) is 3.08. The zero-order valence-corrected chi connectivity index (χ0v) is 20.7. The van der Waals surface area contributed by atoms with Crippen molar-refractivity contribution in [3.05, 3.63) is 59.4 Å². The Morgan fingerprint density at radius 3 is 2.81 bits per heavy atom. The van der Waals surface area contributed by atoms with Crippen LogP contribution in [0.2, 0.25) is 5.02 Å². The van der Waals surface area contributed by atoms with E-state index >= 15 is 0 Å². The van der Waals surface area contributed by atoms with Crippen molar-refractivity contribution in [1.82, 2.24) is 20.8 Å². The molecule has 4 rings (SSSR count). The number of ether oxygens (including phenoxy) is 2. The van der Waals surface area contributed by atoms with Crippen molar-refractivity contribution in [2.24, 2.45) is 4.99 Å². The minimum absolute atomic E-state index is 0. The standard InChI is InChI=1S/C22H24ClN5O3.HI/c1-2-24-22(26-13-17-14-29-18-8-3-4-9-19(18)30-17)25-11-10-20-27-21(28-31-20)15-6-5-7-16(23)12-15;/h3-9,12,17H,2,10-11,13-14H2,1H3,(H2,24,25,26);1H. The maximum absolute atomic E-state index is 6.03. The van der Waals surface area contributed by atoms with Gasteiger partial charge < -0.3 is 24.6 Å². The largest absolute Gasteiger partial charge is 0.486 e. The molecule has 1 unspecified atom stereocenters. The summed E-state index contributed by atoms with van der Waals surface area (Å²) in [5, 5.41) is 11.2. The molecule has 0 saturated heterocycles. The van der Waals surface area contributed by atoms with E-state index in [1.807, 2.05) is 43.3 Å². The van der Waals surface area contributed by atoms with E-state index in [0.29, 0.717) is 48.8 Å². The molecule has 1 atom stereocenters. The second-order valence-electron chi connectivity index (χ2n) is 6.92. The highest BCUT2D eigenvalue weighted by Gasteiger charge is 2.20. The van der Waals surface area contributed by atoms with Crippen LogP contribution >= 0.6 is 35.6 Å². The predicted octanol–water partition coefficient (Wildman–Crippen LogP) is 3.95. The summed E-state index contributed by atoms with van der Waals surface area (Å²) in [7, 11) is 0. The molecule has 32 heavy (non-hydrogen) atoms. The first kappa shape index (κ1) is 24.1. The molecule has 0 fully saturated rings. The van der Waals surface area contributed by atoms with Crippen molar-refractivity contribution >= 4 is 41.5 Å². The fourth-order valence-corrected chi connectivity index (χ4v) is 3.27. The molecule has 10 heteroatoms. The van der Waals surface area contributed by atoms with Crippen LogP contribution in [0.25, 0.3) is 11.4 Å². The minimum Gasteiger partial charge on any atom is -0.486 e. The Labute approximate surface area is 208 Å². The molecule has 0 aliphatic carbocycles. The molecule has 2 N–H and O–H groups in total. The average molecular weight is 570 g/mol. The number of nitrogens with zero attached hydrogens (tertiary/aromatic N) is 3. The highest BCUT2D eigenvalue weighted by Crippen LogP contribution is 2.30. The van der Waals surface area contributed by atoms with Crippen LogP contribution in [-0.4, -0.2) is 48.4 Å². The van der Waals surface area contributed by atoms with Gasteiger partial charge in [-0.05, 0) is 31.2 Å². The van der Waals surface area contributed by atoms with Gasteiger partial charge in [-0.2, -0.15) is 4.98 Å². The van der Waals surface area contributed by atoms with E-state index in [1.54, 1.807) is 12.1 Å². The zero-order chi connectivity index (χ0) is 21.5. The molecule has 2 aromatic carbocycles. The third-order valence-corrected chi connectivity index (χ3v) is 4.78. The Morgan fingerprint density at radius 1 is 1.16 bits per heavy atom. The quantitative estimate of drug-likeness (QED) is 0.253. The van der Waals surface area contributed by atoms with Gasteiger partial charge in [-0.1, -0.05) is 41.0 Å². The molecule has 1 aromatic heterocycles. The summed E-state index contributed by atoms with van der Waals surface area (Å²) < 4.78 is 17.0. The van der Waals surface area contributed by atoms with E-state index in [4.69, 9.17) is 25.6 Å². The molecule has 0 amide bonds. The third kappa shape index (κ3) is 6.49. The summed E-state index contributed by atoms with van der Waals surface area (Å²) in [6.07, 6.45) is 0.426. The molecule has 3 aromatic rings. The smallest absolute Gasteiger partial charge is 0.228 e. The Morgan fingerprint density at radius 2 is 2.00 bits per heavy atom. The molecular weight excluding hydrogens is 545 g/mol. The molecule has 8 nitrogen and oxygen atoms in total. The number of rotatable bonds is 7. The molecule has 0 radical (unpaired) electrons. The van der Waals surface area contributed by atoms with Crippen molar-refractivity contribution in [2.75, 3.05) is 26.2 Å². The molecular formula is C22H25ClIN5O3. The number of fused-ring (bicyclic) bond motifs is 1. The lowest BCUT2D eigenvalue weighted by Gasteiger charge is -2.25. The van der Waals surface area contributed by atoms with Crippen LogP contribution in [-0.2, 0) is 6.42 Å². The SMILES string of the molecule is CCNC(=NCC1COc2ccccc2O1)NCCc1nc(-c2cccc(Cl)c2)no1.I. The monoisotopic (exact) mass is 569 g/mol. The molecule has 0 saturated carbocycles. The van der Waals surface area contributed by atoms with Crippen LogP contribution in [0, 0.1) is 0 Å². The molecule has 1 aliphatic rings. The Bertz CT molecular complexity index is 1050. The fraction of sp³-hybridized carbons (Fsp3) is 0.318. The topological polar surface area (TPSA) is 93.8 Å². The summed E-state index contributed by atoms with van der Waals surface area (Å²) in [4.78, 5) is 9.04. The van der Waals surface area contributed by atoms with Crippen molar-refractivity contribution in [3.8, 4) is 22.9 Å². The first-order chi connectivity index (χ1) is 15.2. The Hall–Kier alpha value is -2.53. The normalized spacial score (nSPS) is 15.1. The van der Waals surface area contributed by atoms with E-state index in [-0.39, 0.29) is 30.1 Å². The number of hydrogen-bond acceptors (Lipinski definition) is 6. The van der Waals surface area contributed by atoms with Crippen molar-refractivity contribution in [3.63, 3.8) is 0 Å². The summed E-state index contributed by atoms with van der Waals surface area (Å²) in [6.45, 7) is 4.30. The lowest BCUT2D eigenvalue weighted by molar-refractivity contribution is 0.0971. The van der Waals surface area contributed by atoms with E-state index in [9.17, 15) is 0 Å². The molecule has 1 aliphatic heterocycles. The van der Waals surface area contributed by atoms with Gasteiger partial charge in [-0.3, -0.25) is 0 Å². The number of halogens is 2. The van der Waals surface area contributed by atoms with Gasteiger partial charge in [0.1, 0.15) is 6.61 Å². The van der Waals surface area contributed by atoms with Crippen LogP contribution in [0.1, 0.15) is 12.8 Å². The number of aliphatic imine (C=N–C) groups is 1. The van der Waals surface area contributed by atoms with Crippen LogP contribution in [0.4, 0.5) is 0 Å². The van der Waals surface area contributed by atoms with Gasteiger partial charge >= 0.3 is 0 Å². The molecule has 0 bridgehead atoms. The maximum Gasteiger partial charge on any atom is 0.228 e. The molecule has 0 spiro atoms. The van der Waals surface area contributed by atoms with Crippen LogP contribution in [0.3, 0.4) is 0 Å². The zero-order valence-electron chi connectivity index (χ0n) is 17.6. The van der Waals surface area contributed by atoms with Crippen molar-refractivity contribution in [1.29, 1.82) is 0 Å². The highest BCUT2D eigenvalue weighted by atomic mass is 127. The number of nitrogens with one attached hydrogen (secondary N) is 2. The maximum atomic E-state index is 6.03. The Balaban J connectivity index is 0.00000289. The van der Waals surface area contributed by atoms with Crippen LogP contribution < -0.4 is 20.1 Å². The first-order valence-electron chi connectivity index (χ1n) is 10.2. The van der Waals surface area contributed by atoms with Gasteiger partial charge in [0.2, 0.25) is 11.7 Å². The predicted molar refractivity (Wildman–Crippen MR) is 134 cm³/mol. The van der Waals surface area contributed by atoms with Crippen molar-refractivity contribution in [2.45, 2.75) is 19.4 Å². The lowest BCUT2D eigenvalue weighted by atomic mass is 10.2.